The predicted molar refractivity (Wildman–Crippen MR) is 101 cm³/mol. The summed E-state index contributed by atoms with van der Waals surface area (Å²) in [5, 5.41) is 9.09. The Bertz CT molecular complexity index is 937. The summed E-state index contributed by atoms with van der Waals surface area (Å²) in [5.74, 6) is 0.144. The van der Waals surface area contributed by atoms with Crippen LogP contribution in [0.5, 0.6) is 0 Å². The minimum atomic E-state index is -0.433. The summed E-state index contributed by atoms with van der Waals surface area (Å²) < 4.78 is 4.74. The summed E-state index contributed by atoms with van der Waals surface area (Å²) in [7, 11) is 1.33. The second-order valence-corrected chi connectivity index (χ2v) is 6.72. The molecule has 0 atom stereocenters. The fraction of sp³-hybridized carbons (Fsp3) is 0.333. The molecule has 138 valence electrons. The monoisotopic (exact) mass is 363 g/mol. The average molecular weight is 363 g/mol. The first-order chi connectivity index (χ1) is 12.9. The van der Waals surface area contributed by atoms with Gasteiger partial charge in [0.2, 0.25) is 5.91 Å². The molecule has 6 heteroatoms. The zero-order chi connectivity index (χ0) is 19.6. The topological polar surface area (TPSA) is 83.3 Å². The normalized spacial score (nSPS) is 12.9. The van der Waals surface area contributed by atoms with Crippen LogP contribution in [0.1, 0.15) is 44.6 Å². The summed E-state index contributed by atoms with van der Waals surface area (Å²) in [6, 6.07) is 7.51. The molecule has 0 bridgehead atoms. The minimum Gasteiger partial charge on any atom is -0.465 e. The highest BCUT2D eigenvalue weighted by molar-refractivity contribution is 5.96. The van der Waals surface area contributed by atoms with E-state index in [0.29, 0.717) is 23.5 Å². The average Bonchev–Trinajstić information content (AvgIpc) is 2.68. The molecule has 1 aliphatic rings. The molecule has 0 spiro atoms. The maximum absolute atomic E-state index is 13.0. The molecule has 27 heavy (non-hydrogen) atoms. The van der Waals surface area contributed by atoms with Crippen molar-refractivity contribution in [2.24, 2.45) is 0 Å². The molecule has 0 saturated heterocycles. The van der Waals surface area contributed by atoms with E-state index >= 15 is 0 Å². The molecule has 0 fully saturated rings. The highest BCUT2D eigenvalue weighted by Crippen LogP contribution is 2.27. The van der Waals surface area contributed by atoms with Gasteiger partial charge in [0.15, 0.2) is 0 Å². The number of rotatable bonds is 3. The number of hydrogen-bond donors (Lipinski definition) is 0. The van der Waals surface area contributed by atoms with Gasteiger partial charge in [0.1, 0.15) is 5.82 Å². The summed E-state index contributed by atoms with van der Waals surface area (Å²) in [6.07, 6.45) is 3.29. The van der Waals surface area contributed by atoms with Crippen LogP contribution in [0, 0.1) is 25.2 Å². The van der Waals surface area contributed by atoms with Crippen molar-refractivity contribution >= 4 is 17.7 Å². The van der Waals surface area contributed by atoms with Gasteiger partial charge in [-0.3, -0.25) is 9.69 Å². The van der Waals surface area contributed by atoms with Gasteiger partial charge in [-0.15, -0.1) is 0 Å². The molecule has 3 rings (SSSR count). The van der Waals surface area contributed by atoms with Crippen molar-refractivity contribution < 1.29 is 14.3 Å². The third-order valence-corrected chi connectivity index (χ3v) is 4.90. The number of methoxy groups -OCH3 is 1. The summed E-state index contributed by atoms with van der Waals surface area (Å²) in [5.41, 5.74) is 4.69. The zero-order valence-corrected chi connectivity index (χ0v) is 15.7. The molecule has 6 nitrogen and oxygen atoms in total. The number of pyridine rings is 1. The number of fused-ring (bicyclic) bond motifs is 1. The van der Waals surface area contributed by atoms with E-state index in [1.807, 2.05) is 13.8 Å². The quantitative estimate of drug-likeness (QED) is 0.783. The SMILES string of the molecule is COC(=O)c1cnc2c(c1)CCCN2C(=O)Cc1c(C)cc(C#N)cc1C. The van der Waals surface area contributed by atoms with Gasteiger partial charge in [0, 0.05) is 12.7 Å². The van der Waals surface area contributed by atoms with Crippen LogP contribution in [-0.2, 0) is 22.4 Å². The molecular formula is C21H21N3O3. The zero-order valence-electron chi connectivity index (χ0n) is 15.7. The Hall–Kier alpha value is -3.20. The molecule has 1 aromatic heterocycles. The summed E-state index contributed by atoms with van der Waals surface area (Å²) in [4.78, 5) is 30.8. The smallest absolute Gasteiger partial charge is 0.339 e. The van der Waals surface area contributed by atoms with Crippen molar-refractivity contribution in [2.45, 2.75) is 33.1 Å². The lowest BCUT2D eigenvalue weighted by Crippen LogP contribution is -2.37. The van der Waals surface area contributed by atoms with Crippen LogP contribution in [0.4, 0.5) is 5.82 Å². The number of aromatic nitrogens is 1. The van der Waals surface area contributed by atoms with E-state index in [4.69, 9.17) is 10.00 Å². The number of anilines is 1. The fourth-order valence-corrected chi connectivity index (χ4v) is 3.52. The Morgan fingerprint density at radius 2 is 1.96 bits per heavy atom. The van der Waals surface area contributed by atoms with Crippen molar-refractivity contribution in [3.8, 4) is 6.07 Å². The van der Waals surface area contributed by atoms with Crippen molar-refractivity contribution in [3.05, 3.63) is 57.8 Å². The van der Waals surface area contributed by atoms with Crippen LogP contribution in [0.2, 0.25) is 0 Å². The molecule has 0 aliphatic carbocycles. The van der Waals surface area contributed by atoms with Crippen molar-refractivity contribution in [1.82, 2.24) is 4.98 Å². The Balaban J connectivity index is 1.88. The predicted octanol–water partition coefficient (Wildman–Crippen LogP) is 2.88. The lowest BCUT2D eigenvalue weighted by atomic mass is 9.96. The van der Waals surface area contributed by atoms with E-state index in [1.165, 1.54) is 13.3 Å². The molecule has 1 aliphatic heterocycles. The van der Waals surface area contributed by atoms with Crippen molar-refractivity contribution in [3.63, 3.8) is 0 Å². The molecule has 0 saturated carbocycles. The van der Waals surface area contributed by atoms with Gasteiger partial charge in [-0.2, -0.15) is 5.26 Å². The maximum Gasteiger partial charge on any atom is 0.339 e. The Kier molecular flexibility index (Phi) is 5.22. The van der Waals surface area contributed by atoms with Gasteiger partial charge < -0.3 is 4.74 Å². The fourth-order valence-electron chi connectivity index (χ4n) is 3.52. The standard InChI is InChI=1S/C21H21N3O3/c1-13-7-15(11-22)8-14(2)18(13)10-19(25)24-6-4-5-16-9-17(21(26)27-3)12-23-20(16)24/h7-9,12H,4-6,10H2,1-3H3. The first-order valence-electron chi connectivity index (χ1n) is 8.82. The second-order valence-electron chi connectivity index (χ2n) is 6.72. The van der Waals surface area contributed by atoms with Gasteiger partial charge >= 0.3 is 5.97 Å². The van der Waals surface area contributed by atoms with Crippen LogP contribution in [0.3, 0.4) is 0 Å². The van der Waals surface area contributed by atoms with Gasteiger partial charge in [-0.05, 0) is 67.1 Å². The molecule has 2 aromatic rings. The van der Waals surface area contributed by atoms with Gasteiger partial charge in [0.05, 0.1) is 30.7 Å². The van der Waals surface area contributed by atoms with Crippen LogP contribution in [-0.4, -0.2) is 30.5 Å². The largest absolute Gasteiger partial charge is 0.465 e. The Morgan fingerprint density at radius 3 is 2.59 bits per heavy atom. The highest BCUT2D eigenvalue weighted by atomic mass is 16.5. The van der Waals surface area contributed by atoms with Crippen molar-refractivity contribution in [1.29, 1.82) is 5.26 Å². The van der Waals surface area contributed by atoms with Crippen LogP contribution >= 0.6 is 0 Å². The Morgan fingerprint density at radius 1 is 1.26 bits per heavy atom. The number of amides is 1. The third-order valence-electron chi connectivity index (χ3n) is 4.90. The number of aryl methyl sites for hydroxylation is 3. The van der Waals surface area contributed by atoms with E-state index in [1.54, 1.807) is 23.1 Å². The van der Waals surface area contributed by atoms with E-state index in [2.05, 4.69) is 11.1 Å². The van der Waals surface area contributed by atoms with Crippen LogP contribution in [0.15, 0.2) is 24.4 Å². The molecular weight excluding hydrogens is 342 g/mol. The summed E-state index contributed by atoms with van der Waals surface area (Å²) >= 11 is 0. The lowest BCUT2D eigenvalue weighted by Gasteiger charge is -2.29. The molecule has 0 radical (unpaired) electrons. The number of benzene rings is 1. The third kappa shape index (κ3) is 3.68. The number of ether oxygens (including phenoxy) is 1. The maximum atomic E-state index is 13.0. The van der Waals surface area contributed by atoms with Gasteiger partial charge in [-0.25, -0.2) is 9.78 Å². The van der Waals surface area contributed by atoms with Crippen LogP contribution < -0.4 is 4.90 Å². The summed E-state index contributed by atoms with van der Waals surface area (Å²) in [6.45, 7) is 4.44. The molecule has 1 amide bonds. The first kappa shape index (κ1) is 18.6. The molecule has 0 unspecified atom stereocenters. The number of hydrogen-bond acceptors (Lipinski definition) is 5. The van der Waals surface area contributed by atoms with Gasteiger partial charge in [0.25, 0.3) is 0 Å². The van der Waals surface area contributed by atoms with Gasteiger partial charge in [-0.1, -0.05) is 0 Å². The van der Waals surface area contributed by atoms with E-state index in [-0.39, 0.29) is 12.3 Å². The number of nitrogens with zero attached hydrogens (tertiary/aromatic N) is 3. The number of carbonyl (C=O) groups excluding carboxylic acids is 2. The number of carbonyl (C=O) groups is 2. The first-order valence-corrected chi connectivity index (χ1v) is 8.82. The second kappa shape index (κ2) is 7.58. The highest BCUT2D eigenvalue weighted by Gasteiger charge is 2.26. The molecule has 1 aromatic carbocycles. The molecule has 2 heterocycles. The number of nitriles is 1. The van der Waals surface area contributed by atoms with E-state index in [0.717, 1.165) is 35.1 Å². The lowest BCUT2D eigenvalue weighted by molar-refractivity contribution is -0.118. The van der Waals surface area contributed by atoms with Crippen molar-refractivity contribution in [2.75, 3.05) is 18.6 Å². The van der Waals surface area contributed by atoms with E-state index in [9.17, 15) is 9.59 Å². The number of esters is 1. The minimum absolute atomic E-state index is 0.0369. The molecule has 0 N–H and O–H groups in total. The van der Waals surface area contributed by atoms with Crippen LogP contribution in [0.25, 0.3) is 0 Å². The van der Waals surface area contributed by atoms with E-state index < -0.39 is 5.97 Å². The Labute approximate surface area is 158 Å².